The Bertz CT molecular complexity index is 883. The van der Waals surface area contributed by atoms with Crippen LogP contribution in [0.4, 0.5) is 0 Å². The van der Waals surface area contributed by atoms with Crippen LogP contribution < -0.4 is 0 Å². The zero-order chi connectivity index (χ0) is 20.4. The van der Waals surface area contributed by atoms with Crippen LogP contribution in [0.3, 0.4) is 0 Å². The van der Waals surface area contributed by atoms with Crippen molar-refractivity contribution in [2.45, 2.75) is 39.7 Å². The van der Waals surface area contributed by atoms with Crippen molar-refractivity contribution in [2.24, 2.45) is 0 Å². The second-order valence-electron chi connectivity index (χ2n) is 6.67. The topological polar surface area (TPSA) is 43.1 Å². The summed E-state index contributed by atoms with van der Waals surface area (Å²) in [5.74, 6) is 0. The van der Waals surface area contributed by atoms with E-state index in [1.54, 1.807) is 0 Å². The first kappa shape index (κ1) is 21.8. The van der Waals surface area contributed by atoms with E-state index in [0.717, 1.165) is 40.4 Å². The Morgan fingerprint density at radius 3 is 2.57 bits per heavy atom. The number of rotatable bonds is 9. The molecule has 0 bridgehead atoms. The quantitative estimate of drug-likeness (QED) is 0.236. The van der Waals surface area contributed by atoms with Gasteiger partial charge in [-0.15, -0.1) is 0 Å². The Morgan fingerprint density at radius 1 is 1.14 bits per heavy atom. The lowest BCUT2D eigenvalue weighted by molar-refractivity contribution is -0.497. The molecule has 0 unspecified atom stereocenters. The van der Waals surface area contributed by atoms with Gasteiger partial charge in [-0.3, -0.25) is 10.1 Å². The minimum absolute atomic E-state index is 0.187. The monoisotopic (exact) mass is 439 g/mol. The molecule has 0 N–H and O–H groups in total. The van der Waals surface area contributed by atoms with E-state index in [2.05, 4.69) is 71.4 Å². The molecular formula is C24H26BrNO2. The van der Waals surface area contributed by atoms with E-state index < -0.39 is 0 Å². The maximum Gasteiger partial charge on any atom is 0.230 e. The molecule has 0 radical (unpaired) electrons. The number of hydrogen-bond donors (Lipinski definition) is 0. The summed E-state index contributed by atoms with van der Waals surface area (Å²) in [4.78, 5) is 10.8. The van der Waals surface area contributed by atoms with Gasteiger partial charge in [-0.05, 0) is 49.0 Å². The van der Waals surface area contributed by atoms with E-state index in [1.807, 2.05) is 31.2 Å². The molecule has 28 heavy (non-hydrogen) atoms. The summed E-state index contributed by atoms with van der Waals surface area (Å²) >= 11 is 3.46. The summed E-state index contributed by atoms with van der Waals surface area (Å²) in [5.41, 5.74) is 5.29. The lowest BCUT2D eigenvalue weighted by Crippen LogP contribution is -2.02. The van der Waals surface area contributed by atoms with Gasteiger partial charge in [-0.2, -0.15) is 0 Å². The third-order valence-corrected chi connectivity index (χ3v) is 5.22. The molecule has 0 aromatic heterocycles. The number of benzene rings is 2. The molecule has 146 valence electrons. The highest BCUT2D eigenvalue weighted by Gasteiger charge is 2.13. The average Bonchev–Trinajstić information content (AvgIpc) is 2.68. The van der Waals surface area contributed by atoms with Crippen LogP contribution in [0.5, 0.6) is 0 Å². The maximum absolute atomic E-state index is 11.1. The van der Waals surface area contributed by atoms with Gasteiger partial charge in [0, 0.05) is 15.0 Å². The van der Waals surface area contributed by atoms with Crippen molar-refractivity contribution in [3.63, 3.8) is 0 Å². The van der Waals surface area contributed by atoms with E-state index in [4.69, 9.17) is 0 Å². The van der Waals surface area contributed by atoms with Gasteiger partial charge < -0.3 is 0 Å². The van der Waals surface area contributed by atoms with Crippen molar-refractivity contribution < 1.29 is 4.92 Å². The summed E-state index contributed by atoms with van der Waals surface area (Å²) in [6.07, 6.45) is 11.3. The predicted octanol–water partition coefficient (Wildman–Crippen LogP) is 7.15. The van der Waals surface area contributed by atoms with Crippen LogP contribution in [0.25, 0.3) is 5.57 Å². The Kier molecular flexibility index (Phi) is 8.89. The molecule has 0 spiro atoms. The fourth-order valence-corrected chi connectivity index (χ4v) is 3.50. The molecule has 4 heteroatoms. The number of hydrogen-bond acceptors (Lipinski definition) is 2. The highest BCUT2D eigenvalue weighted by atomic mass is 79.9. The van der Waals surface area contributed by atoms with Crippen LogP contribution in [0.1, 0.15) is 43.4 Å². The summed E-state index contributed by atoms with van der Waals surface area (Å²) < 4.78 is 0.778. The van der Waals surface area contributed by atoms with Crippen LogP contribution in [0.2, 0.25) is 0 Å². The lowest BCUT2D eigenvalue weighted by Gasteiger charge is -2.10. The normalized spacial score (nSPS) is 12.5. The van der Waals surface area contributed by atoms with Crippen LogP contribution >= 0.6 is 15.9 Å². The molecule has 2 aromatic carbocycles. The lowest BCUT2D eigenvalue weighted by atomic mass is 9.96. The molecular weight excluding hydrogens is 414 g/mol. The summed E-state index contributed by atoms with van der Waals surface area (Å²) in [6.45, 7) is 3.95. The van der Waals surface area contributed by atoms with Crippen molar-refractivity contribution in [2.75, 3.05) is 0 Å². The van der Waals surface area contributed by atoms with E-state index in [1.165, 1.54) is 11.1 Å². The van der Waals surface area contributed by atoms with Crippen molar-refractivity contribution in [3.05, 3.63) is 110 Å². The van der Waals surface area contributed by atoms with Gasteiger partial charge >= 0.3 is 0 Å². The van der Waals surface area contributed by atoms with Crippen LogP contribution in [0.15, 0.2) is 82.9 Å². The van der Waals surface area contributed by atoms with Gasteiger partial charge in [0.05, 0.1) is 0 Å². The van der Waals surface area contributed by atoms with Gasteiger partial charge in [0.2, 0.25) is 6.54 Å². The average molecular weight is 440 g/mol. The fourth-order valence-electron chi connectivity index (χ4n) is 3.01. The Balaban J connectivity index is 2.26. The SMILES string of the molecule is CC/C=C\C=C(/C/C=C(\C)c1cccc(Br)c1C[N+](=O)[O-])Cc1ccccc1. The van der Waals surface area contributed by atoms with E-state index in [9.17, 15) is 10.1 Å². The Morgan fingerprint density at radius 2 is 1.89 bits per heavy atom. The second kappa shape index (κ2) is 11.4. The van der Waals surface area contributed by atoms with Gasteiger partial charge in [-0.1, -0.05) is 95.2 Å². The summed E-state index contributed by atoms with van der Waals surface area (Å²) in [7, 11) is 0. The van der Waals surface area contributed by atoms with Gasteiger partial charge in [0.1, 0.15) is 0 Å². The molecule has 0 aliphatic carbocycles. The molecule has 0 fully saturated rings. The first-order valence-corrected chi connectivity index (χ1v) is 10.2. The smallest absolute Gasteiger partial charge is 0.230 e. The maximum atomic E-state index is 11.1. The number of nitro groups is 1. The van der Waals surface area contributed by atoms with E-state index in [-0.39, 0.29) is 11.5 Å². The molecule has 0 amide bonds. The zero-order valence-corrected chi connectivity index (χ0v) is 18.0. The highest BCUT2D eigenvalue weighted by Crippen LogP contribution is 2.28. The molecule has 0 atom stereocenters. The van der Waals surface area contributed by atoms with Crippen LogP contribution in [-0.2, 0) is 13.0 Å². The van der Waals surface area contributed by atoms with Gasteiger partial charge in [-0.25, -0.2) is 0 Å². The van der Waals surface area contributed by atoms with Crippen molar-refractivity contribution in [3.8, 4) is 0 Å². The molecule has 0 heterocycles. The Hall–Kier alpha value is -2.46. The number of halogens is 1. The van der Waals surface area contributed by atoms with Gasteiger partial charge in [0.25, 0.3) is 0 Å². The standard InChI is InChI=1S/C24H26BrNO2/c1-3-4-6-10-21(17-20-11-7-5-8-12-20)16-15-19(2)22-13-9-14-24(25)23(22)18-26(27)28/h4-15H,3,16-18H2,1-2H3/b6-4-,19-15+,21-10+. The van der Waals surface area contributed by atoms with E-state index in [0.29, 0.717) is 0 Å². The third-order valence-electron chi connectivity index (χ3n) is 4.48. The first-order chi connectivity index (χ1) is 13.5. The number of nitrogens with zero attached hydrogens (tertiary/aromatic N) is 1. The van der Waals surface area contributed by atoms with Crippen molar-refractivity contribution >= 4 is 21.5 Å². The van der Waals surface area contributed by atoms with Crippen molar-refractivity contribution in [1.82, 2.24) is 0 Å². The second-order valence-corrected chi connectivity index (χ2v) is 7.53. The molecule has 0 aliphatic rings. The molecule has 2 rings (SSSR count). The highest BCUT2D eigenvalue weighted by molar-refractivity contribution is 9.10. The molecule has 2 aromatic rings. The minimum atomic E-state index is -0.285. The van der Waals surface area contributed by atoms with Gasteiger partial charge in [0.15, 0.2) is 0 Å². The van der Waals surface area contributed by atoms with Crippen molar-refractivity contribution in [1.29, 1.82) is 0 Å². The fraction of sp³-hybridized carbons (Fsp3) is 0.250. The summed E-state index contributed by atoms with van der Waals surface area (Å²) in [6, 6.07) is 16.1. The molecule has 0 saturated carbocycles. The summed E-state index contributed by atoms with van der Waals surface area (Å²) in [5, 5.41) is 11.1. The first-order valence-electron chi connectivity index (χ1n) is 9.46. The van der Waals surface area contributed by atoms with E-state index >= 15 is 0 Å². The Labute approximate surface area is 175 Å². The largest absolute Gasteiger partial charge is 0.264 e. The molecule has 3 nitrogen and oxygen atoms in total. The third kappa shape index (κ3) is 6.93. The zero-order valence-electron chi connectivity index (χ0n) is 16.4. The molecule has 0 saturated heterocycles. The molecule has 0 aliphatic heterocycles. The minimum Gasteiger partial charge on any atom is -0.264 e. The van der Waals surface area contributed by atoms with Crippen LogP contribution in [-0.4, -0.2) is 4.92 Å². The van der Waals surface area contributed by atoms with Crippen LogP contribution in [0, 0.1) is 10.1 Å². The number of allylic oxidation sites excluding steroid dienone is 6. The predicted molar refractivity (Wildman–Crippen MR) is 121 cm³/mol.